The molecule has 0 unspecified atom stereocenters. The Morgan fingerprint density at radius 2 is 0.778 bits per heavy atom. The predicted molar refractivity (Wildman–Crippen MR) is 238 cm³/mol. The van der Waals surface area contributed by atoms with Crippen molar-refractivity contribution >= 4 is 0 Å². The lowest BCUT2D eigenvalue weighted by atomic mass is 10.1. The summed E-state index contributed by atoms with van der Waals surface area (Å²) in [6, 6.07) is 0.389. The fourth-order valence-corrected chi connectivity index (χ4v) is 7.72. The lowest BCUT2D eigenvalue weighted by molar-refractivity contribution is -0.0145. The molecule has 0 amide bonds. The Hall–Kier alpha value is -1.24. The minimum Gasteiger partial charge on any atom is -0.380 e. The molecule has 54 heavy (non-hydrogen) atoms. The first-order chi connectivity index (χ1) is 26.8. The largest absolute Gasteiger partial charge is 0.380 e. The van der Waals surface area contributed by atoms with Crippen LogP contribution in [0.25, 0.3) is 0 Å². The van der Waals surface area contributed by atoms with Gasteiger partial charge in [-0.05, 0) is 103 Å². The molecule has 0 aliphatic carbocycles. The van der Waals surface area contributed by atoms with Crippen molar-refractivity contribution in [2.24, 2.45) is 0 Å². The van der Waals surface area contributed by atoms with Crippen molar-refractivity contribution in [1.29, 1.82) is 0 Å². The van der Waals surface area contributed by atoms with Crippen molar-refractivity contribution in [3.05, 3.63) is 48.6 Å². The second-order valence-electron chi connectivity index (χ2n) is 16.4. The highest BCUT2D eigenvalue weighted by atomic mass is 16.5. The molecule has 2 saturated heterocycles. The SMILES string of the molecule is CCCCC/C=C\C/C=C\CCCCCCCCOCC(COCCCCCCCC/C=C\C/C=C\CCCCC)N1CCN(CCN2CCCC2)CC1. The van der Waals surface area contributed by atoms with Gasteiger partial charge in [0.2, 0.25) is 0 Å². The van der Waals surface area contributed by atoms with Crippen LogP contribution in [0.3, 0.4) is 0 Å². The van der Waals surface area contributed by atoms with Gasteiger partial charge in [-0.25, -0.2) is 0 Å². The second kappa shape index (κ2) is 38.6. The van der Waals surface area contributed by atoms with Crippen LogP contribution in [-0.4, -0.2) is 99.5 Å². The van der Waals surface area contributed by atoms with Crippen LogP contribution in [0.2, 0.25) is 0 Å². The van der Waals surface area contributed by atoms with Gasteiger partial charge in [0.1, 0.15) is 0 Å². The molecule has 0 atom stereocenters. The Kier molecular flexibility index (Phi) is 35.0. The quantitative estimate of drug-likeness (QED) is 0.0462. The van der Waals surface area contributed by atoms with Crippen LogP contribution < -0.4 is 0 Å². The van der Waals surface area contributed by atoms with Gasteiger partial charge < -0.3 is 14.4 Å². The first-order valence-corrected chi connectivity index (χ1v) is 23.8. The lowest BCUT2D eigenvalue weighted by Gasteiger charge is -2.39. The van der Waals surface area contributed by atoms with Crippen LogP contribution in [0.4, 0.5) is 0 Å². The third kappa shape index (κ3) is 30.0. The molecule has 2 aliphatic rings. The summed E-state index contributed by atoms with van der Waals surface area (Å²) in [5.74, 6) is 0. The molecule has 2 fully saturated rings. The van der Waals surface area contributed by atoms with Crippen LogP contribution in [0.5, 0.6) is 0 Å². The molecule has 2 aliphatic heterocycles. The maximum absolute atomic E-state index is 6.33. The van der Waals surface area contributed by atoms with Gasteiger partial charge in [0.15, 0.2) is 0 Å². The summed E-state index contributed by atoms with van der Waals surface area (Å²) in [7, 11) is 0. The summed E-state index contributed by atoms with van der Waals surface area (Å²) in [5.41, 5.74) is 0. The van der Waals surface area contributed by atoms with Crippen molar-refractivity contribution < 1.29 is 9.47 Å². The fourth-order valence-electron chi connectivity index (χ4n) is 7.72. The number of allylic oxidation sites excluding steroid dienone is 8. The summed E-state index contributed by atoms with van der Waals surface area (Å²) in [6.07, 6.45) is 52.6. The summed E-state index contributed by atoms with van der Waals surface area (Å²) >= 11 is 0. The van der Waals surface area contributed by atoms with Gasteiger partial charge in [-0.1, -0.05) is 140 Å². The molecule has 5 nitrogen and oxygen atoms in total. The highest BCUT2D eigenvalue weighted by Crippen LogP contribution is 2.13. The van der Waals surface area contributed by atoms with E-state index in [4.69, 9.17) is 9.47 Å². The molecule has 0 aromatic rings. The Bertz CT molecular complexity index is 835. The monoisotopic (exact) mass is 754 g/mol. The van der Waals surface area contributed by atoms with E-state index in [1.165, 1.54) is 193 Å². The Morgan fingerprint density at radius 3 is 1.20 bits per heavy atom. The van der Waals surface area contributed by atoms with Crippen molar-refractivity contribution in [1.82, 2.24) is 14.7 Å². The Labute approximate surface area is 337 Å². The maximum atomic E-state index is 6.33. The first-order valence-electron chi connectivity index (χ1n) is 23.8. The van der Waals surface area contributed by atoms with E-state index in [1.807, 2.05) is 0 Å². The van der Waals surface area contributed by atoms with Crippen LogP contribution in [0.1, 0.15) is 181 Å². The molecule has 0 bridgehead atoms. The van der Waals surface area contributed by atoms with Crippen LogP contribution >= 0.6 is 0 Å². The zero-order valence-electron chi connectivity index (χ0n) is 36.2. The molecule has 0 spiro atoms. The van der Waals surface area contributed by atoms with E-state index in [0.717, 1.165) is 52.4 Å². The number of nitrogens with zero attached hydrogens (tertiary/aromatic N) is 3. The Balaban J connectivity index is 1.52. The van der Waals surface area contributed by atoms with E-state index in [-0.39, 0.29) is 0 Å². The van der Waals surface area contributed by atoms with E-state index in [2.05, 4.69) is 77.2 Å². The zero-order chi connectivity index (χ0) is 38.3. The van der Waals surface area contributed by atoms with Crippen molar-refractivity contribution in [3.63, 3.8) is 0 Å². The van der Waals surface area contributed by atoms with Crippen LogP contribution in [0, 0.1) is 0 Å². The number of piperazine rings is 1. The number of unbranched alkanes of at least 4 members (excludes halogenated alkanes) is 18. The van der Waals surface area contributed by atoms with E-state index in [1.54, 1.807) is 0 Å². The van der Waals surface area contributed by atoms with Crippen molar-refractivity contribution in [3.8, 4) is 0 Å². The molecule has 5 heteroatoms. The molecule has 0 aromatic carbocycles. The number of hydrogen-bond donors (Lipinski definition) is 0. The highest BCUT2D eigenvalue weighted by Gasteiger charge is 2.25. The predicted octanol–water partition coefficient (Wildman–Crippen LogP) is 12.7. The van der Waals surface area contributed by atoms with Crippen LogP contribution in [0.15, 0.2) is 48.6 Å². The summed E-state index contributed by atoms with van der Waals surface area (Å²) < 4.78 is 12.7. The summed E-state index contributed by atoms with van der Waals surface area (Å²) in [4.78, 5) is 8.00. The highest BCUT2D eigenvalue weighted by molar-refractivity contribution is 4.93. The van der Waals surface area contributed by atoms with E-state index in [0.29, 0.717) is 6.04 Å². The van der Waals surface area contributed by atoms with Crippen molar-refractivity contribution in [2.45, 2.75) is 187 Å². The number of hydrogen-bond acceptors (Lipinski definition) is 5. The van der Waals surface area contributed by atoms with E-state index < -0.39 is 0 Å². The molecular weight excluding hydrogens is 663 g/mol. The molecule has 0 radical (unpaired) electrons. The summed E-state index contributed by atoms with van der Waals surface area (Å²) in [5, 5.41) is 0. The minimum atomic E-state index is 0.389. The third-order valence-electron chi connectivity index (χ3n) is 11.5. The minimum absolute atomic E-state index is 0.389. The topological polar surface area (TPSA) is 28.2 Å². The summed E-state index contributed by atoms with van der Waals surface area (Å²) in [6.45, 7) is 17.7. The fraction of sp³-hybridized carbons (Fsp3) is 0.837. The van der Waals surface area contributed by atoms with Gasteiger partial charge in [0.05, 0.1) is 19.3 Å². The molecule has 0 saturated carbocycles. The van der Waals surface area contributed by atoms with Gasteiger partial charge in [-0.2, -0.15) is 0 Å². The lowest BCUT2D eigenvalue weighted by Crippen LogP contribution is -2.54. The van der Waals surface area contributed by atoms with Gasteiger partial charge in [0.25, 0.3) is 0 Å². The standard InChI is InChI=1S/C49H91N3O2/c1-3-5-7-9-11-13-15-17-19-21-23-25-27-29-31-35-45-53-47-49(52-43-41-51(42-44-52)40-39-50-37-33-34-38-50)48-54-46-36-32-30-28-26-24-22-20-18-16-14-12-10-8-6-4-2/h11-14,17-20,49H,3-10,15-16,21-48H2,1-2H3/b13-11-,14-12-,19-17-,20-18-. The van der Waals surface area contributed by atoms with Crippen LogP contribution in [-0.2, 0) is 9.47 Å². The second-order valence-corrected chi connectivity index (χ2v) is 16.4. The third-order valence-corrected chi connectivity index (χ3v) is 11.5. The maximum Gasteiger partial charge on any atom is 0.0644 e. The van der Waals surface area contributed by atoms with Gasteiger partial charge in [-0.15, -0.1) is 0 Å². The van der Waals surface area contributed by atoms with Gasteiger partial charge in [0, 0.05) is 52.5 Å². The first kappa shape index (κ1) is 48.9. The van der Waals surface area contributed by atoms with E-state index in [9.17, 15) is 0 Å². The average molecular weight is 754 g/mol. The Morgan fingerprint density at radius 1 is 0.407 bits per heavy atom. The zero-order valence-corrected chi connectivity index (χ0v) is 36.2. The van der Waals surface area contributed by atoms with E-state index >= 15 is 0 Å². The average Bonchev–Trinajstić information content (AvgIpc) is 3.72. The molecule has 2 rings (SSSR count). The normalized spacial score (nSPS) is 16.6. The number of likely N-dealkylation sites (tertiary alicyclic amines) is 1. The number of ether oxygens (including phenoxy) is 2. The molecule has 314 valence electrons. The molecular formula is C49H91N3O2. The molecule has 0 aromatic heterocycles. The number of rotatable bonds is 38. The van der Waals surface area contributed by atoms with Gasteiger partial charge >= 0.3 is 0 Å². The van der Waals surface area contributed by atoms with Gasteiger partial charge in [-0.3, -0.25) is 9.80 Å². The van der Waals surface area contributed by atoms with Crippen molar-refractivity contribution in [2.75, 3.05) is 78.8 Å². The molecule has 2 heterocycles. The molecule has 0 N–H and O–H groups in total. The smallest absolute Gasteiger partial charge is 0.0644 e.